The minimum atomic E-state index is -2.74. The SMILES string of the molecule is CCCCCCCCCCCCCCCCCC(=O)O.O=C(O)CC(O)(CC(=O)O)C(=O)O.OCC(O)CO.OCCO. The van der Waals surface area contributed by atoms with Gasteiger partial charge in [0.2, 0.25) is 0 Å². The van der Waals surface area contributed by atoms with Crippen LogP contribution in [0.1, 0.15) is 122 Å². The van der Waals surface area contributed by atoms with Crippen molar-refractivity contribution < 1.29 is 70.2 Å². The van der Waals surface area contributed by atoms with Gasteiger partial charge in [-0.1, -0.05) is 96.8 Å². The van der Waals surface area contributed by atoms with Crippen LogP contribution >= 0.6 is 0 Å². The van der Waals surface area contributed by atoms with Gasteiger partial charge in [0.05, 0.1) is 39.3 Å². The van der Waals surface area contributed by atoms with E-state index in [4.69, 9.17) is 51.1 Å². The van der Waals surface area contributed by atoms with E-state index in [1.807, 2.05) is 0 Å². The van der Waals surface area contributed by atoms with Crippen LogP contribution in [0.15, 0.2) is 0 Å². The first-order valence-electron chi connectivity index (χ1n) is 15.0. The summed E-state index contributed by atoms with van der Waals surface area (Å²) < 4.78 is 0. The smallest absolute Gasteiger partial charge is 0.336 e. The highest BCUT2D eigenvalue weighted by atomic mass is 16.4. The van der Waals surface area contributed by atoms with Gasteiger partial charge in [0.15, 0.2) is 5.60 Å². The number of aliphatic carboxylic acids is 4. The number of rotatable bonds is 24. The van der Waals surface area contributed by atoms with Crippen molar-refractivity contribution in [3.63, 3.8) is 0 Å². The van der Waals surface area contributed by atoms with Gasteiger partial charge >= 0.3 is 23.9 Å². The molecule has 0 heterocycles. The predicted octanol–water partition coefficient (Wildman–Crippen LogP) is 2.39. The fourth-order valence-corrected chi connectivity index (χ4v) is 3.42. The molecule has 14 heteroatoms. The molecule has 0 atom stereocenters. The first-order chi connectivity index (χ1) is 20.3. The molecule has 0 aromatic rings. The molecular formula is C29H58O14. The summed E-state index contributed by atoms with van der Waals surface area (Å²) in [5.74, 6) is -5.67. The minimum Gasteiger partial charge on any atom is -0.481 e. The summed E-state index contributed by atoms with van der Waals surface area (Å²) in [6, 6.07) is 0. The zero-order chi connectivity index (χ0) is 33.9. The summed E-state index contributed by atoms with van der Waals surface area (Å²) in [5, 5.41) is 81.6. The van der Waals surface area contributed by atoms with E-state index in [-0.39, 0.29) is 26.4 Å². The van der Waals surface area contributed by atoms with Gasteiger partial charge in [-0.2, -0.15) is 0 Å². The summed E-state index contributed by atoms with van der Waals surface area (Å²) >= 11 is 0. The van der Waals surface area contributed by atoms with Crippen molar-refractivity contribution in [3.05, 3.63) is 0 Å². The lowest BCUT2D eigenvalue weighted by Crippen LogP contribution is -2.42. The molecule has 43 heavy (non-hydrogen) atoms. The fraction of sp³-hybridized carbons (Fsp3) is 0.862. The van der Waals surface area contributed by atoms with Crippen molar-refractivity contribution in [2.45, 2.75) is 134 Å². The summed E-state index contributed by atoms with van der Waals surface area (Å²) in [4.78, 5) is 40.8. The van der Waals surface area contributed by atoms with Crippen LogP contribution in [0.4, 0.5) is 0 Å². The largest absolute Gasteiger partial charge is 0.481 e. The molecule has 10 N–H and O–H groups in total. The summed E-state index contributed by atoms with van der Waals surface area (Å²) in [7, 11) is 0. The first-order valence-corrected chi connectivity index (χ1v) is 15.0. The molecule has 14 nitrogen and oxygen atoms in total. The van der Waals surface area contributed by atoms with Crippen molar-refractivity contribution >= 4 is 23.9 Å². The third kappa shape index (κ3) is 44.2. The Balaban J connectivity index is -0.000000280. The van der Waals surface area contributed by atoms with E-state index < -0.39 is 48.4 Å². The van der Waals surface area contributed by atoms with Gasteiger partial charge < -0.3 is 51.1 Å². The van der Waals surface area contributed by atoms with Gasteiger partial charge in [0.1, 0.15) is 6.10 Å². The molecule has 0 aromatic carbocycles. The zero-order valence-electron chi connectivity index (χ0n) is 25.7. The molecule has 0 amide bonds. The Hall–Kier alpha value is -2.36. The van der Waals surface area contributed by atoms with Crippen molar-refractivity contribution in [1.82, 2.24) is 0 Å². The summed E-state index contributed by atoms with van der Waals surface area (Å²) in [5.41, 5.74) is -2.74. The predicted molar refractivity (Wildman–Crippen MR) is 159 cm³/mol. The number of aliphatic hydroxyl groups is 6. The average molecular weight is 631 g/mol. The van der Waals surface area contributed by atoms with Crippen LogP contribution in [0.3, 0.4) is 0 Å². The molecule has 0 spiro atoms. The topological polar surface area (TPSA) is 271 Å². The molecule has 0 saturated heterocycles. The molecule has 0 aliphatic rings. The Morgan fingerprint density at radius 2 is 0.837 bits per heavy atom. The van der Waals surface area contributed by atoms with Crippen LogP contribution < -0.4 is 0 Å². The molecule has 0 bridgehead atoms. The Labute approximate surface area is 255 Å². The fourth-order valence-electron chi connectivity index (χ4n) is 3.42. The molecule has 258 valence electrons. The number of unbranched alkanes of at least 4 members (excludes halogenated alkanes) is 14. The monoisotopic (exact) mass is 630 g/mol. The highest BCUT2D eigenvalue weighted by Gasteiger charge is 2.40. The normalized spacial score (nSPS) is 10.4. The second kappa shape index (κ2) is 35.8. The number of carbonyl (C=O) groups is 4. The standard InChI is InChI=1S/C18H36O2.C6H8O7.C3H8O3.C2H6O2/c1-2-3-4-5-6-7-8-9-10-11-12-13-14-15-16-17-18(19)20;7-3(8)1-6(13,5(11)12)2-4(9)10;4-1-3(6)2-5;3-1-2-4/h2-17H2,1H3,(H,19,20);13H,1-2H2,(H,7,8)(H,9,10)(H,11,12);3-6H,1-2H2;3-4H,1-2H2. The highest BCUT2D eigenvalue weighted by molar-refractivity contribution is 5.88. The molecule has 0 unspecified atom stereocenters. The van der Waals surface area contributed by atoms with Gasteiger partial charge in [-0.3, -0.25) is 14.4 Å². The molecule has 0 radical (unpaired) electrons. The van der Waals surface area contributed by atoms with Crippen LogP contribution in [0.5, 0.6) is 0 Å². The Bertz CT molecular complexity index is 635. The number of aliphatic hydroxyl groups excluding tert-OH is 5. The molecule has 0 aliphatic carbocycles. The van der Waals surface area contributed by atoms with Crippen LogP contribution in [0.2, 0.25) is 0 Å². The summed E-state index contributed by atoms with van der Waals surface area (Å²) in [6.45, 7) is 1.29. The summed E-state index contributed by atoms with van der Waals surface area (Å²) in [6.07, 6.45) is 17.0. The van der Waals surface area contributed by atoms with E-state index in [0.29, 0.717) is 6.42 Å². The highest BCUT2D eigenvalue weighted by Crippen LogP contribution is 2.16. The second-order valence-electron chi connectivity index (χ2n) is 10.0. The molecule has 0 rings (SSSR count). The van der Waals surface area contributed by atoms with E-state index in [2.05, 4.69) is 6.92 Å². The number of hydrogen-bond acceptors (Lipinski definition) is 10. The number of carboxylic acids is 4. The third-order valence-electron chi connectivity index (χ3n) is 5.80. The lowest BCUT2D eigenvalue weighted by molar-refractivity contribution is -0.170. The Kier molecular flexibility index (Phi) is 39.6. The van der Waals surface area contributed by atoms with Crippen molar-refractivity contribution in [2.75, 3.05) is 26.4 Å². The third-order valence-corrected chi connectivity index (χ3v) is 5.80. The maximum absolute atomic E-state index is 10.3. The number of carboxylic acid groups (broad SMARTS) is 4. The molecule has 0 saturated carbocycles. The van der Waals surface area contributed by atoms with Crippen molar-refractivity contribution in [2.24, 2.45) is 0 Å². The van der Waals surface area contributed by atoms with E-state index in [1.165, 1.54) is 83.5 Å². The van der Waals surface area contributed by atoms with Crippen molar-refractivity contribution in [1.29, 1.82) is 0 Å². The zero-order valence-corrected chi connectivity index (χ0v) is 25.7. The van der Waals surface area contributed by atoms with Gasteiger partial charge in [-0.25, -0.2) is 4.79 Å². The van der Waals surface area contributed by atoms with Gasteiger partial charge in [0.25, 0.3) is 0 Å². The van der Waals surface area contributed by atoms with Gasteiger partial charge in [-0.05, 0) is 6.42 Å². The second-order valence-corrected chi connectivity index (χ2v) is 10.0. The van der Waals surface area contributed by atoms with E-state index in [1.54, 1.807) is 0 Å². The van der Waals surface area contributed by atoms with Crippen molar-refractivity contribution in [3.8, 4) is 0 Å². The maximum atomic E-state index is 10.3. The minimum absolute atomic E-state index is 0.125. The maximum Gasteiger partial charge on any atom is 0.336 e. The number of hydrogen-bond donors (Lipinski definition) is 10. The molecule has 0 aliphatic heterocycles. The average Bonchev–Trinajstić information content (AvgIpc) is 2.94. The quantitative estimate of drug-likeness (QED) is 0.0686. The van der Waals surface area contributed by atoms with Crippen LogP contribution in [-0.2, 0) is 19.2 Å². The Morgan fingerprint density at radius 1 is 0.535 bits per heavy atom. The van der Waals surface area contributed by atoms with E-state index in [0.717, 1.165) is 12.8 Å². The lowest BCUT2D eigenvalue weighted by atomic mass is 9.96. The van der Waals surface area contributed by atoms with Crippen LogP contribution in [0, 0.1) is 0 Å². The van der Waals surface area contributed by atoms with Crippen LogP contribution in [-0.4, -0.2) is 113 Å². The molecular weight excluding hydrogens is 572 g/mol. The first kappa shape index (κ1) is 47.6. The van der Waals surface area contributed by atoms with E-state index >= 15 is 0 Å². The van der Waals surface area contributed by atoms with E-state index in [9.17, 15) is 19.2 Å². The van der Waals surface area contributed by atoms with Gasteiger partial charge in [0, 0.05) is 6.42 Å². The molecule has 0 fully saturated rings. The lowest BCUT2D eigenvalue weighted by Gasteiger charge is -2.18. The molecule has 0 aromatic heterocycles. The van der Waals surface area contributed by atoms with Crippen LogP contribution in [0.25, 0.3) is 0 Å². The Morgan fingerprint density at radius 3 is 1.02 bits per heavy atom. The van der Waals surface area contributed by atoms with Gasteiger partial charge in [-0.15, -0.1) is 0 Å².